The number of nitrogens with zero attached hydrogens (tertiary/aromatic N) is 7. The fraction of sp³-hybridized carbons (Fsp3) is 0.396. The standard InChI is InChI=1S/C48H50FN9O6S/c1-27-22-36(23-28(2)41(27)49)58-42(56-19-18-55(46(56)61)35-9-7-34(8-10-35)47(15-16-47)65(5,50)62)40-30(4)54(17-12-37(40)52-58)43(59)39-25-33-24-32(31-13-20-63-21-14-31)6-11-38(33)57(39)48(26-29(48)3)44-51-45(60)64-53-44/h6-11,18-19,22-25,29-31,50H,12-17,20-21,26H2,1-5H3,(H,51,53,60)/t29-,30-,48-,65?/m0/s1. The van der Waals surface area contributed by atoms with Crippen LogP contribution in [0, 0.1) is 30.4 Å². The second-order valence-corrected chi connectivity index (χ2v) is 21.1. The third-order valence-corrected chi connectivity index (χ3v) is 16.9. The number of amides is 1. The van der Waals surface area contributed by atoms with Gasteiger partial charge >= 0.3 is 11.4 Å². The van der Waals surface area contributed by atoms with Gasteiger partial charge in [0.25, 0.3) is 5.91 Å². The molecule has 4 atom stereocenters. The number of benzene rings is 3. The number of hydrogen-bond donors (Lipinski definition) is 2. The molecule has 3 fully saturated rings. The number of rotatable bonds is 9. The normalized spacial score (nSPS) is 22.5. The number of aryl methyl sites for hydroxylation is 2. The second kappa shape index (κ2) is 14.6. The summed E-state index contributed by atoms with van der Waals surface area (Å²) in [7, 11) is -2.83. The van der Waals surface area contributed by atoms with Gasteiger partial charge in [0.1, 0.15) is 22.9 Å². The minimum atomic E-state index is -2.83. The quantitative estimate of drug-likeness (QED) is 0.152. The van der Waals surface area contributed by atoms with Crippen LogP contribution in [-0.4, -0.2) is 74.7 Å². The number of ether oxygens (including phenoxy) is 1. The van der Waals surface area contributed by atoms with Crippen molar-refractivity contribution in [2.24, 2.45) is 5.92 Å². The van der Waals surface area contributed by atoms with E-state index < -0.39 is 31.8 Å². The molecule has 0 bridgehead atoms. The molecule has 1 unspecified atom stereocenters. The van der Waals surface area contributed by atoms with Gasteiger partial charge in [-0.15, -0.1) is 0 Å². The zero-order chi connectivity index (χ0) is 45.3. The molecule has 0 spiro atoms. The number of aromatic amines is 1. The predicted molar refractivity (Wildman–Crippen MR) is 241 cm³/mol. The van der Waals surface area contributed by atoms with Crippen LogP contribution in [0.4, 0.5) is 4.39 Å². The van der Waals surface area contributed by atoms with Crippen molar-refractivity contribution in [3.63, 3.8) is 0 Å². The number of carbonyl (C=O) groups excluding carboxylic acids is 1. The minimum Gasteiger partial charge on any atom is -0.381 e. The van der Waals surface area contributed by atoms with Crippen molar-refractivity contribution in [3.05, 3.63) is 145 Å². The summed E-state index contributed by atoms with van der Waals surface area (Å²) < 4.78 is 53.1. The first-order chi connectivity index (χ1) is 31.1. The highest BCUT2D eigenvalue weighted by Gasteiger charge is 2.59. The maximum atomic E-state index is 15.5. The van der Waals surface area contributed by atoms with E-state index in [9.17, 15) is 13.8 Å². The van der Waals surface area contributed by atoms with Crippen LogP contribution < -0.4 is 11.4 Å². The first-order valence-corrected chi connectivity index (χ1v) is 24.2. The van der Waals surface area contributed by atoms with E-state index in [0.717, 1.165) is 29.3 Å². The van der Waals surface area contributed by atoms with Gasteiger partial charge in [-0.3, -0.25) is 28.2 Å². The predicted octanol–water partition coefficient (Wildman–Crippen LogP) is 7.30. The molecular weight excluding hydrogens is 850 g/mol. The van der Waals surface area contributed by atoms with Crippen LogP contribution in [0.15, 0.2) is 87.2 Å². The Morgan fingerprint density at radius 3 is 2.28 bits per heavy atom. The average Bonchev–Trinajstić information content (AvgIpc) is 3.96. The van der Waals surface area contributed by atoms with E-state index in [-0.39, 0.29) is 23.3 Å². The van der Waals surface area contributed by atoms with Crippen LogP contribution in [0.25, 0.3) is 28.1 Å². The summed E-state index contributed by atoms with van der Waals surface area (Å²) in [6.07, 6.45) is 9.03. The monoisotopic (exact) mass is 899 g/mol. The van der Waals surface area contributed by atoms with E-state index in [4.69, 9.17) is 19.1 Å². The van der Waals surface area contributed by atoms with E-state index in [1.807, 2.05) is 46.7 Å². The maximum absolute atomic E-state index is 15.5. The Balaban J connectivity index is 1.03. The smallest absolute Gasteiger partial charge is 0.381 e. The first-order valence-electron chi connectivity index (χ1n) is 22.3. The third kappa shape index (κ3) is 6.28. The number of halogens is 1. The van der Waals surface area contributed by atoms with Crippen molar-refractivity contribution in [3.8, 4) is 17.2 Å². The highest BCUT2D eigenvalue weighted by atomic mass is 32.2. The van der Waals surface area contributed by atoms with Crippen LogP contribution in [-0.2, 0) is 31.2 Å². The zero-order valence-corrected chi connectivity index (χ0v) is 37.7. The van der Waals surface area contributed by atoms with Gasteiger partial charge in [-0.2, -0.15) is 5.10 Å². The highest BCUT2D eigenvalue weighted by Crippen LogP contribution is 2.56. The van der Waals surface area contributed by atoms with Gasteiger partial charge in [-0.1, -0.05) is 30.3 Å². The maximum Gasteiger partial charge on any atom is 0.438 e. The van der Waals surface area contributed by atoms with Gasteiger partial charge in [-0.05, 0) is 129 Å². The summed E-state index contributed by atoms with van der Waals surface area (Å²) in [6.45, 7) is 9.13. The molecule has 0 radical (unpaired) electrons. The van der Waals surface area contributed by atoms with Crippen molar-refractivity contribution >= 4 is 26.5 Å². The highest BCUT2D eigenvalue weighted by molar-refractivity contribution is 7.93. The Kier molecular flexibility index (Phi) is 9.29. The molecule has 2 saturated carbocycles. The van der Waals surface area contributed by atoms with E-state index >= 15 is 9.18 Å². The van der Waals surface area contributed by atoms with Crippen molar-refractivity contribution in [2.75, 3.05) is 26.0 Å². The van der Waals surface area contributed by atoms with E-state index in [2.05, 4.69) is 35.3 Å². The van der Waals surface area contributed by atoms with Crippen LogP contribution in [0.3, 0.4) is 0 Å². The third-order valence-electron chi connectivity index (χ3n) is 14.8. The van der Waals surface area contributed by atoms with Gasteiger partial charge < -0.3 is 14.2 Å². The Labute approximate surface area is 373 Å². The number of carbonyl (C=O) groups is 1. The summed E-state index contributed by atoms with van der Waals surface area (Å²) in [4.78, 5) is 47.2. The van der Waals surface area contributed by atoms with E-state index in [0.29, 0.717) is 102 Å². The number of fused-ring (bicyclic) bond motifs is 2. The molecule has 17 heteroatoms. The Bertz CT molecular complexity index is 3300. The van der Waals surface area contributed by atoms with Gasteiger partial charge in [-0.25, -0.2) is 22.9 Å². The molecule has 15 nitrogen and oxygen atoms in total. The van der Waals surface area contributed by atoms with Crippen LogP contribution in [0.5, 0.6) is 0 Å². The molecular formula is C48H50FN9O6S. The Morgan fingerprint density at radius 2 is 1.65 bits per heavy atom. The number of hydrogen-bond acceptors (Lipinski definition) is 9. The molecule has 2 aliphatic heterocycles. The van der Waals surface area contributed by atoms with Crippen molar-refractivity contribution < 1.29 is 22.7 Å². The lowest BCUT2D eigenvalue weighted by Gasteiger charge is -2.34. The first kappa shape index (κ1) is 41.4. The summed E-state index contributed by atoms with van der Waals surface area (Å²) in [6, 6.07) is 18.5. The summed E-state index contributed by atoms with van der Waals surface area (Å²) in [5.41, 5.74) is 5.47. The summed E-state index contributed by atoms with van der Waals surface area (Å²) >= 11 is 0. The summed E-state index contributed by atoms with van der Waals surface area (Å²) in [5.74, 6) is -0.0721. The molecule has 4 aliphatic rings. The molecule has 2 aliphatic carbocycles. The van der Waals surface area contributed by atoms with Crippen molar-refractivity contribution in [1.29, 1.82) is 4.78 Å². The molecule has 11 rings (SSSR count). The van der Waals surface area contributed by atoms with Gasteiger partial charge in [0.15, 0.2) is 5.82 Å². The second-order valence-electron chi connectivity index (χ2n) is 18.7. The van der Waals surface area contributed by atoms with Gasteiger partial charge in [0, 0.05) is 61.3 Å². The SMILES string of the molecule is Cc1cc(-n2nc3c(c2-n2ccn(-c4ccc(C5(S(C)(=N)=O)CC5)cc4)c2=O)[C@H](C)N(C(=O)c2cc4cc(C5CCOCC5)ccc4n2[C@@]2(c4noc(=O)[nH]4)C[C@@H]2C)CC3)cc(C)c1F. The van der Waals surface area contributed by atoms with Crippen molar-refractivity contribution in [2.45, 2.75) is 88.5 Å². The number of aromatic nitrogens is 7. The number of H-pyrrole nitrogens is 1. The molecule has 6 heterocycles. The zero-order valence-electron chi connectivity index (χ0n) is 36.9. The molecule has 4 aromatic heterocycles. The van der Waals surface area contributed by atoms with E-state index in [1.54, 1.807) is 43.1 Å². The molecule has 336 valence electrons. The Morgan fingerprint density at radius 1 is 0.954 bits per heavy atom. The lowest BCUT2D eigenvalue weighted by molar-refractivity contribution is 0.0663. The lowest BCUT2D eigenvalue weighted by Crippen LogP contribution is -2.41. The molecule has 65 heavy (non-hydrogen) atoms. The van der Waals surface area contributed by atoms with Gasteiger partial charge in [0.05, 0.1) is 37.6 Å². The average molecular weight is 900 g/mol. The largest absolute Gasteiger partial charge is 0.438 e. The van der Waals surface area contributed by atoms with E-state index in [1.165, 1.54) is 21.0 Å². The van der Waals surface area contributed by atoms with Crippen molar-refractivity contribution in [1.82, 2.24) is 38.5 Å². The fourth-order valence-corrected chi connectivity index (χ4v) is 12.4. The van der Waals surface area contributed by atoms with Crippen LogP contribution >= 0.6 is 0 Å². The summed E-state index contributed by atoms with van der Waals surface area (Å²) in [5, 5.41) is 10.2. The molecule has 3 aromatic carbocycles. The topological polar surface area (TPSA) is 179 Å². The minimum absolute atomic E-state index is 0.0195. The number of nitrogens with one attached hydrogen (secondary N) is 2. The van der Waals surface area contributed by atoms with Gasteiger partial charge in [0.2, 0.25) is 0 Å². The van der Waals surface area contributed by atoms with Crippen LogP contribution in [0.2, 0.25) is 0 Å². The molecule has 1 amide bonds. The molecule has 1 saturated heterocycles. The number of imidazole rings is 1. The van der Waals surface area contributed by atoms with Crippen LogP contribution in [0.1, 0.15) is 108 Å². The Hall–Kier alpha value is -6.33. The fourth-order valence-electron chi connectivity index (χ4n) is 10.9. The lowest BCUT2D eigenvalue weighted by atomic mass is 9.91. The molecule has 7 aromatic rings. The molecule has 2 N–H and O–H groups in total.